The van der Waals surface area contributed by atoms with Crippen molar-refractivity contribution < 1.29 is 0 Å². The van der Waals surface area contributed by atoms with Gasteiger partial charge in [-0.15, -0.1) is 11.3 Å². The fourth-order valence-electron chi connectivity index (χ4n) is 2.29. The summed E-state index contributed by atoms with van der Waals surface area (Å²) < 4.78 is 0. The smallest absolute Gasteiger partial charge is 0.187 e. The Morgan fingerprint density at radius 3 is 3.00 bits per heavy atom. The number of anilines is 2. The number of fused-ring (bicyclic) bond motifs is 3. The van der Waals surface area contributed by atoms with Gasteiger partial charge < -0.3 is 5.32 Å². The third kappa shape index (κ3) is 1.80. The molecule has 0 aliphatic heterocycles. The van der Waals surface area contributed by atoms with Crippen LogP contribution in [-0.4, -0.2) is 20.2 Å². The molecule has 94 valence electrons. The van der Waals surface area contributed by atoms with Crippen molar-refractivity contribution in [2.45, 2.75) is 12.8 Å². The molecular formula is C13H11N5S. The normalized spacial score (nSPS) is 12.8. The van der Waals surface area contributed by atoms with E-state index in [9.17, 15) is 0 Å². The molecule has 0 bridgehead atoms. The van der Waals surface area contributed by atoms with Gasteiger partial charge in [-0.1, -0.05) is 0 Å². The molecule has 0 fully saturated rings. The van der Waals surface area contributed by atoms with Gasteiger partial charge in [0.05, 0.1) is 11.9 Å². The molecule has 0 saturated carbocycles. The van der Waals surface area contributed by atoms with E-state index in [1.807, 2.05) is 18.3 Å². The van der Waals surface area contributed by atoms with Crippen molar-refractivity contribution in [3.63, 3.8) is 0 Å². The van der Waals surface area contributed by atoms with Crippen LogP contribution in [0.4, 0.5) is 10.8 Å². The van der Waals surface area contributed by atoms with Gasteiger partial charge in [-0.05, 0) is 25.0 Å². The van der Waals surface area contributed by atoms with Crippen molar-refractivity contribution in [2.24, 2.45) is 0 Å². The number of aromatic nitrogens is 4. The Bertz CT molecular complexity index is 716. The summed E-state index contributed by atoms with van der Waals surface area (Å²) in [5, 5.41) is 11.4. The molecule has 0 spiro atoms. The van der Waals surface area contributed by atoms with E-state index in [1.165, 1.54) is 10.6 Å². The van der Waals surface area contributed by atoms with Crippen LogP contribution in [0, 0.1) is 0 Å². The highest BCUT2D eigenvalue weighted by atomic mass is 32.1. The molecule has 0 amide bonds. The maximum Gasteiger partial charge on any atom is 0.187 e. The average Bonchev–Trinajstić information content (AvgIpc) is 3.04. The average molecular weight is 269 g/mol. The van der Waals surface area contributed by atoms with E-state index in [1.54, 1.807) is 23.7 Å². The number of hydrogen-bond acceptors (Lipinski definition) is 5. The maximum absolute atomic E-state index is 4.69. The first kappa shape index (κ1) is 10.7. The minimum Gasteiger partial charge on any atom is -0.331 e. The highest BCUT2D eigenvalue weighted by Crippen LogP contribution is 2.37. The van der Waals surface area contributed by atoms with Gasteiger partial charge in [0.25, 0.3) is 0 Å². The Labute approximate surface area is 113 Å². The van der Waals surface area contributed by atoms with Crippen molar-refractivity contribution in [1.29, 1.82) is 0 Å². The molecule has 5 nitrogen and oxygen atoms in total. The quantitative estimate of drug-likeness (QED) is 0.750. The lowest BCUT2D eigenvalue weighted by molar-refractivity contribution is 0.891. The Kier molecular flexibility index (Phi) is 2.34. The molecule has 0 saturated heterocycles. The zero-order valence-corrected chi connectivity index (χ0v) is 10.9. The summed E-state index contributed by atoms with van der Waals surface area (Å²) in [6.07, 6.45) is 7.44. The second-order valence-corrected chi connectivity index (χ2v) is 5.50. The van der Waals surface area contributed by atoms with Crippen LogP contribution in [0.5, 0.6) is 0 Å². The first-order chi connectivity index (χ1) is 9.40. The van der Waals surface area contributed by atoms with Gasteiger partial charge in [-0.3, -0.25) is 10.1 Å². The summed E-state index contributed by atoms with van der Waals surface area (Å²) in [7, 11) is 0. The van der Waals surface area contributed by atoms with Crippen LogP contribution in [-0.2, 0) is 12.8 Å². The van der Waals surface area contributed by atoms with Crippen LogP contribution in [0.3, 0.4) is 0 Å². The van der Waals surface area contributed by atoms with E-state index in [4.69, 9.17) is 0 Å². The third-order valence-corrected chi connectivity index (χ3v) is 4.23. The summed E-state index contributed by atoms with van der Waals surface area (Å²) in [4.78, 5) is 10.0. The van der Waals surface area contributed by atoms with Crippen molar-refractivity contribution >= 4 is 22.2 Å². The van der Waals surface area contributed by atoms with E-state index in [-0.39, 0.29) is 0 Å². The van der Waals surface area contributed by atoms with Crippen LogP contribution in [0.15, 0.2) is 30.7 Å². The van der Waals surface area contributed by atoms with Gasteiger partial charge >= 0.3 is 0 Å². The summed E-state index contributed by atoms with van der Waals surface area (Å²) in [6, 6.07) is 3.87. The highest BCUT2D eigenvalue weighted by molar-refractivity contribution is 7.16. The molecule has 3 heterocycles. The van der Waals surface area contributed by atoms with Crippen LogP contribution in [0.1, 0.15) is 10.6 Å². The second-order valence-electron chi connectivity index (χ2n) is 4.41. The molecule has 1 aliphatic rings. The number of aromatic amines is 1. The summed E-state index contributed by atoms with van der Waals surface area (Å²) in [5.41, 5.74) is 4.40. The molecule has 19 heavy (non-hydrogen) atoms. The number of rotatable bonds is 2. The van der Waals surface area contributed by atoms with Crippen molar-refractivity contribution in [2.75, 3.05) is 5.32 Å². The minimum absolute atomic E-state index is 0.922. The van der Waals surface area contributed by atoms with Crippen LogP contribution >= 0.6 is 11.3 Å². The number of pyridine rings is 1. The van der Waals surface area contributed by atoms with E-state index in [2.05, 4.69) is 25.5 Å². The lowest BCUT2D eigenvalue weighted by Crippen LogP contribution is -2.00. The Morgan fingerprint density at radius 1 is 1.21 bits per heavy atom. The highest BCUT2D eigenvalue weighted by Gasteiger charge is 2.22. The molecule has 0 atom stereocenters. The summed E-state index contributed by atoms with van der Waals surface area (Å²) in [6.45, 7) is 0. The topological polar surface area (TPSA) is 66.5 Å². The predicted octanol–water partition coefficient (Wildman–Crippen LogP) is 2.77. The number of H-pyrrole nitrogens is 1. The summed E-state index contributed by atoms with van der Waals surface area (Å²) in [5.74, 6) is 0. The van der Waals surface area contributed by atoms with Gasteiger partial charge in [0.1, 0.15) is 0 Å². The van der Waals surface area contributed by atoms with E-state index >= 15 is 0 Å². The van der Waals surface area contributed by atoms with Gasteiger partial charge in [-0.2, -0.15) is 5.10 Å². The first-order valence-electron chi connectivity index (χ1n) is 6.09. The molecule has 0 unspecified atom stereocenters. The largest absolute Gasteiger partial charge is 0.331 e. The van der Waals surface area contributed by atoms with Crippen molar-refractivity contribution in [1.82, 2.24) is 20.2 Å². The van der Waals surface area contributed by atoms with Crippen molar-refractivity contribution in [3.05, 3.63) is 41.3 Å². The number of hydrogen-bond donors (Lipinski definition) is 2. The van der Waals surface area contributed by atoms with Crippen LogP contribution in [0.2, 0.25) is 0 Å². The van der Waals surface area contributed by atoms with Gasteiger partial charge in [0.2, 0.25) is 0 Å². The molecular weight excluding hydrogens is 258 g/mol. The second kappa shape index (κ2) is 4.17. The monoisotopic (exact) mass is 269 g/mol. The molecule has 1 aliphatic carbocycles. The van der Waals surface area contributed by atoms with E-state index < -0.39 is 0 Å². The fourth-order valence-corrected chi connectivity index (χ4v) is 3.29. The zero-order chi connectivity index (χ0) is 12.7. The van der Waals surface area contributed by atoms with Crippen molar-refractivity contribution in [3.8, 4) is 11.3 Å². The Balaban J connectivity index is 1.71. The molecule has 0 aromatic carbocycles. The number of aryl methyl sites for hydroxylation is 2. The van der Waals surface area contributed by atoms with Crippen LogP contribution < -0.4 is 5.32 Å². The van der Waals surface area contributed by atoms with Crippen LogP contribution in [0.25, 0.3) is 11.3 Å². The molecule has 0 radical (unpaired) electrons. The standard InChI is InChI=1S/C13H11N5S/c1-2-11-12(9-7-15-18-10(1)9)17-13(19-11)16-8-3-5-14-6-4-8/h3-7H,1-2H2,(H,15,18)(H,14,16,17). The minimum atomic E-state index is 0.922. The molecule has 3 aromatic heterocycles. The molecule has 4 rings (SSSR count). The SMILES string of the molecule is c1cc(Nc2nc3c(s2)CCc2[nH]ncc2-3)ccn1. The predicted molar refractivity (Wildman–Crippen MR) is 74.6 cm³/mol. The Hall–Kier alpha value is -2.21. The molecule has 2 N–H and O–H groups in total. The first-order valence-corrected chi connectivity index (χ1v) is 6.91. The molecule has 6 heteroatoms. The molecule has 3 aromatic rings. The lowest BCUT2D eigenvalue weighted by Gasteiger charge is -2.08. The van der Waals surface area contributed by atoms with Gasteiger partial charge in [-0.25, -0.2) is 4.98 Å². The third-order valence-electron chi connectivity index (χ3n) is 3.20. The summed E-state index contributed by atoms with van der Waals surface area (Å²) >= 11 is 1.71. The Morgan fingerprint density at radius 2 is 2.11 bits per heavy atom. The lowest BCUT2D eigenvalue weighted by atomic mass is 10.0. The van der Waals surface area contributed by atoms with Gasteiger partial charge in [0.15, 0.2) is 5.13 Å². The fraction of sp³-hybridized carbons (Fsp3) is 0.154. The number of nitrogens with one attached hydrogen (secondary N) is 2. The maximum atomic E-state index is 4.69. The van der Waals surface area contributed by atoms with E-state index in [0.29, 0.717) is 0 Å². The van der Waals surface area contributed by atoms with Gasteiger partial charge in [0, 0.05) is 34.2 Å². The number of thiazole rings is 1. The van der Waals surface area contributed by atoms with E-state index in [0.717, 1.165) is 34.9 Å². The zero-order valence-electron chi connectivity index (χ0n) is 10.1. The number of nitrogens with zero attached hydrogens (tertiary/aromatic N) is 3.